The number of benzene rings is 2. The van der Waals surface area contributed by atoms with Crippen molar-refractivity contribution in [3.05, 3.63) is 114 Å². The molecule has 36 heavy (non-hydrogen) atoms. The van der Waals surface area contributed by atoms with Gasteiger partial charge in [-0.3, -0.25) is 9.78 Å². The third-order valence-corrected chi connectivity index (χ3v) is 6.63. The molecule has 1 fully saturated rings. The quantitative estimate of drug-likeness (QED) is 0.337. The molecule has 6 nitrogen and oxygen atoms in total. The molecule has 182 valence electrons. The van der Waals surface area contributed by atoms with Crippen LogP contribution in [0.15, 0.2) is 91.3 Å². The summed E-state index contributed by atoms with van der Waals surface area (Å²) in [4.78, 5) is 19.4. The van der Waals surface area contributed by atoms with Gasteiger partial charge in [0.25, 0.3) is 0 Å². The standard InChI is InChI=1S/C28H26FN5OS/c1-19-8-6-9-20(18-19)31-25(35)14-17-34-27(26(32-28(34)36)22-11-4-5-15-30-22)24-13-7-16-33(24)23-12-3-2-10-21(23)29/h2-13,15-16,18,26-27H,14,17H2,1H3,(H,31,35)(H,32,36)/t26-,27-/m1/s1. The number of amides is 1. The number of hydrogen-bond donors (Lipinski definition) is 2. The summed E-state index contributed by atoms with van der Waals surface area (Å²) in [6, 6.07) is 23.4. The third kappa shape index (κ3) is 4.85. The van der Waals surface area contributed by atoms with Gasteiger partial charge < -0.3 is 20.1 Å². The van der Waals surface area contributed by atoms with Crippen LogP contribution in [0.2, 0.25) is 0 Å². The summed E-state index contributed by atoms with van der Waals surface area (Å²) in [5, 5.41) is 6.88. The lowest BCUT2D eigenvalue weighted by Gasteiger charge is -2.29. The van der Waals surface area contributed by atoms with Crippen LogP contribution in [-0.2, 0) is 4.79 Å². The highest BCUT2D eigenvalue weighted by atomic mass is 32.1. The molecule has 0 saturated carbocycles. The van der Waals surface area contributed by atoms with Gasteiger partial charge in [0.05, 0.1) is 23.5 Å². The minimum absolute atomic E-state index is 0.104. The fourth-order valence-corrected chi connectivity index (χ4v) is 4.97. The van der Waals surface area contributed by atoms with Gasteiger partial charge in [-0.25, -0.2) is 4.39 Å². The van der Waals surface area contributed by atoms with Gasteiger partial charge in [-0.05, 0) is 73.2 Å². The SMILES string of the molecule is Cc1cccc(NC(=O)CCN2C(=S)N[C@H](c3ccccn3)[C@H]2c2cccn2-c2ccccc2F)c1. The molecule has 0 unspecified atom stereocenters. The topological polar surface area (TPSA) is 62.2 Å². The number of aryl methyl sites for hydroxylation is 1. The van der Waals surface area contributed by atoms with Crippen molar-refractivity contribution in [3.8, 4) is 5.69 Å². The fourth-order valence-electron chi connectivity index (χ4n) is 4.64. The Balaban J connectivity index is 1.45. The van der Waals surface area contributed by atoms with Crippen molar-refractivity contribution in [1.82, 2.24) is 19.8 Å². The Morgan fingerprint density at radius 2 is 1.92 bits per heavy atom. The van der Waals surface area contributed by atoms with Crippen LogP contribution in [0.5, 0.6) is 0 Å². The van der Waals surface area contributed by atoms with E-state index in [9.17, 15) is 9.18 Å². The van der Waals surface area contributed by atoms with E-state index in [-0.39, 0.29) is 30.2 Å². The molecular formula is C28H26FN5OS. The molecule has 5 rings (SSSR count). The fraction of sp³-hybridized carbons (Fsp3) is 0.179. The number of nitrogens with zero attached hydrogens (tertiary/aromatic N) is 3. The van der Waals surface area contributed by atoms with Crippen LogP contribution in [0, 0.1) is 12.7 Å². The molecule has 2 aromatic carbocycles. The van der Waals surface area contributed by atoms with Gasteiger partial charge in [-0.1, -0.05) is 30.3 Å². The molecule has 1 amide bonds. The normalized spacial score (nSPS) is 17.2. The number of pyridine rings is 1. The number of hydrogen-bond acceptors (Lipinski definition) is 3. The molecule has 0 aliphatic carbocycles. The van der Waals surface area contributed by atoms with Crippen LogP contribution >= 0.6 is 12.2 Å². The molecule has 1 aliphatic heterocycles. The average molecular weight is 500 g/mol. The predicted octanol–water partition coefficient (Wildman–Crippen LogP) is 5.32. The van der Waals surface area contributed by atoms with Crippen molar-refractivity contribution in [2.75, 3.05) is 11.9 Å². The second-order valence-electron chi connectivity index (χ2n) is 8.74. The number of carbonyl (C=O) groups excluding carboxylic acids is 1. The Morgan fingerprint density at radius 3 is 2.69 bits per heavy atom. The Bertz CT molecular complexity index is 1390. The Hall–Kier alpha value is -4.04. The van der Waals surface area contributed by atoms with E-state index >= 15 is 0 Å². The zero-order chi connectivity index (χ0) is 25.1. The summed E-state index contributed by atoms with van der Waals surface area (Å²) in [6.07, 6.45) is 3.82. The highest BCUT2D eigenvalue weighted by Gasteiger charge is 2.41. The predicted molar refractivity (Wildman–Crippen MR) is 142 cm³/mol. The maximum Gasteiger partial charge on any atom is 0.226 e. The molecule has 2 atom stereocenters. The summed E-state index contributed by atoms with van der Waals surface area (Å²) in [5.74, 6) is -0.421. The molecule has 4 aromatic rings. The van der Waals surface area contributed by atoms with Crippen molar-refractivity contribution >= 4 is 28.9 Å². The van der Waals surface area contributed by atoms with E-state index < -0.39 is 0 Å². The summed E-state index contributed by atoms with van der Waals surface area (Å²) in [6.45, 7) is 2.37. The molecular weight excluding hydrogens is 473 g/mol. The van der Waals surface area contributed by atoms with Crippen LogP contribution in [0.3, 0.4) is 0 Å². The van der Waals surface area contributed by atoms with Crippen LogP contribution in [0.25, 0.3) is 5.69 Å². The molecule has 0 radical (unpaired) electrons. The van der Waals surface area contributed by atoms with Gasteiger partial charge in [-0.2, -0.15) is 0 Å². The van der Waals surface area contributed by atoms with E-state index in [0.29, 0.717) is 17.3 Å². The Kier molecular flexibility index (Phi) is 6.77. The molecule has 0 spiro atoms. The lowest BCUT2D eigenvalue weighted by molar-refractivity contribution is -0.116. The van der Waals surface area contributed by atoms with E-state index in [1.54, 1.807) is 18.3 Å². The number of rotatable bonds is 7. The minimum atomic E-state index is -0.318. The average Bonchev–Trinajstić information content (AvgIpc) is 3.47. The number of aromatic nitrogens is 2. The van der Waals surface area contributed by atoms with Crippen molar-refractivity contribution in [1.29, 1.82) is 0 Å². The van der Waals surface area contributed by atoms with Gasteiger partial charge in [0, 0.05) is 36.7 Å². The first-order chi connectivity index (χ1) is 17.5. The van der Waals surface area contributed by atoms with E-state index in [0.717, 1.165) is 22.6 Å². The third-order valence-electron chi connectivity index (χ3n) is 6.27. The highest BCUT2D eigenvalue weighted by molar-refractivity contribution is 7.80. The summed E-state index contributed by atoms with van der Waals surface area (Å²) in [5.41, 5.74) is 3.95. The number of para-hydroxylation sites is 1. The van der Waals surface area contributed by atoms with Crippen molar-refractivity contribution in [2.45, 2.75) is 25.4 Å². The smallest absolute Gasteiger partial charge is 0.226 e. The largest absolute Gasteiger partial charge is 0.352 e. The number of carbonyl (C=O) groups is 1. The van der Waals surface area contributed by atoms with E-state index in [1.807, 2.05) is 83.3 Å². The molecule has 0 bridgehead atoms. The van der Waals surface area contributed by atoms with Crippen molar-refractivity contribution in [3.63, 3.8) is 0 Å². The number of halogens is 1. The van der Waals surface area contributed by atoms with Crippen molar-refractivity contribution in [2.24, 2.45) is 0 Å². The zero-order valence-corrected chi connectivity index (χ0v) is 20.6. The lowest BCUT2D eigenvalue weighted by Crippen LogP contribution is -2.33. The second-order valence-corrected chi connectivity index (χ2v) is 9.13. The zero-order valence-electron chi connectivity index (χ0n) is 19.8. The lowest BCUT2D eigenvalue weighted by atomic mass is 10.0. The molecule has 3 heterocycles. The first kappa shape index (κ1) is 23.7. The van der Waals surface area contributed by atoms with Crippen LogP contribution < -0.4 is 10.6 Å². The maximum absolute atomic E-state index is 14.8. The van der Waals surface area contributed by atoms with Gasteiger partial charge in [0.15, 0.2) is 5.11 Å². The monoisotopic (exact) mass is 499 g/mol. The molecule has 1 saturated heterocycles. The van der Waals surface area contributed by atoms with Crippen LogP contribution in [0.4, 0.5) is 10.1 Å². The summed E-state index contributed by atoms with van der Waals surface area (Å²) >= 11 is 5.73. The maximum atomic E-state index is 14.8. The van der Waals surface area contributed by atoms with Gasteiger partial charge >= 0.3 is 0 Å². The highest BCUT2D eigenvalue weighted by Crippen LogP contribution is 2.39. The molecule has 2 aromatic heterocycles. The van der Waals surface area contributed by atoms with E-state index in [1.165, 1.54) is 6.07 Å². The van der Waals surface area contributed by atoms with E-state index in [4.69, 9.17) is 12.2 Å². The Morgan fingerprint density at radius 1 is 1.08 bits per heavy atom. The minimum Gasteiger partial charge on any atom is -0.352 e. The van der Waals surface area contributed by atoms with Gasteiger partial charge in [0.2, 0.25) is 5.91 Å². The second kappa shape index (κ2) is 10.3. The first-order valence-electron chi connectivity index (χ1n) is 11.8. The molecule has 8 heteroatoms. The van der Waals surface area contributed by atoms with E-state index in [2.05, 4.69) is 15.6 Å². The molecule has 1 aliphatic rings. The summed E-state index contributed by atoms with van der Waals surface area (Å²) < 4.78 is 16.6. The van der Waals surface area contributed by atoms with Crippen LogP contribution in [-0.4, -0.2) is 32.0 Å². The van der Waals surface area contributed by atoms with Crippen LogP contribution in [0.1, 0.15) is 35.5 Å². The number of anilines is 1. The summed E-state index contributed by atoms with van der Waals surface area (Å²) in [7, 11) is 0. The van der Waals surface area contributed by atoms with Gasteiger partial charge in [-0.15, -0.1) is 0 Å². The van der Waals surface area contributed by atoms with Crippen molar-refractivity contribution < 1.29 is 9.18 Å². The number of nitrogens with one attached hydrogen (secondary N) is 2. The van der Waals surface area contributed by atoms with Gasteiger partial charge in [0.1, 0.15) is 5.82 Å². The number of thiocarbonyl (C=S) groups is 1. The first-order valence-corrected chi connectivity index (χ1v) is 12.2. The Labute approximate surface area is 214 Å². The molecule has 2 N–H and O–H groups in total.